The first kappa shape index (κ1) is 29.4. The SMILES string of the molecule is CC(C)OC(=O)c1cccc(-c2ccc(O)c3c2C[C@@H]2C[C@@H]4[C@@H](N(C)C)C(O)C(C(N)=O)C(=O)[C@]4(O)C(=O)C2=C3O)c1. The van der Waals surface area contributed by atoms with Crippen LogP contribution in [0.3, 0.4) is 0 Å². The number of carbonyl (C=O) groups excluding carboxylic acids is 4. The molecule has 6 N–H and O–H groups in total. The van der Waals surface area contributed by atoms with Crippen LogP contribution in [0.25, 0.3) is 16.9 Å². The molecule has 2 aromatic rings. The average Bonchev–Trinajstić information content (AvgIpc) is 2.90. The smallest absolute Gasteiger partial charge is 0.338 e. The number of ketones is 2. The number of likely N-dealkylation sites (N-methyl/N-ethyl adjacent to an activating group) is 1. The third kappa shape index (κ3) is 4.31. The van der Waals surface area contributed by atoms with E-state index in [1.807, 2.05) is 0 Å². The molecule has 222 valence electrons. The maximum absolute atomic E-state index is 14.0. The Kier molecular flexibility index (Phi) is 7.24. The zero-order valence-electron chi connectivity index (χ0n) is 23.7. The fraction of sp³-hybridized carbons (Fsp3) is 0.419. The predicted molar refractivity (Wildman–Crippen MR) is 150 cm³/mol. The van der Waals surface area contributed by atoms with E-state index in [4.69, 9.17) is 10.5 Å². The van der Waals surface area contributed by atoms with Gasteiger partial charge in [-0.15, -0.1) is 0 Å². The second kappa shape index (κ2) is 10.3. The van der Waals surface area contributed by atoms with Crippen LogP contribution in [0.5, 0.6) is 5.75 Å². The van der Waals surface area contributed by atoms with Gasteiger partial charge >= 0.3 is 5.97 Å². The van der Waals surface area contributed by atoms with Gasteiger partial charge in [-0.1, -0.05) is 18.2 Å². The third-order valence-electron chi connectivity index (χ3n) is 8.72. The number of amides is 1. The normalized spacial score (nSPS) is 28.8. The largest absolute Gasteiger partial charge is 0.507 e. The topological polar surface area (TPSA) is 188 Å². The highest BCUT2D eigenvalue weighted by atomic mass is 16.5. The molecule has 2 fully saturated rings. The molecule has 3 aliphatic rings. The monoisotopic (exact) mass is 578 g/mol. The first-order chi connectivity index (χ1) is 19.7. The van der Waals surface area contributed by atoms with Crippen LogP contribution >= 0.6 is 0 Å². The van der Waals surface area contributed by atoms with Gasteiger partial charge in [-0.25, -0.2) is 4.79 Å². The van der Waals surface area contributed by atoms with Crippen molar-refractivity contribution < 1.29 is 44.3 Å². The van der Waals surface area contributed by atoms with Crippen LogP contribution in [0.4, 0.5) is 0 Å². The highest BCUT2D eigenvalue weighted by molar-refractivity contribution is 6.25. The van der Waals surface area contributed by atoms with E-state index in [-0.39, 0.29) is 35.8 Å². The van der Waals surface area contributed by atoms with Crippen LogP contribution in [0, 0.1) is 17.8 Å². The molecule has 1 amide bonds. The Morgan fingerprint density at radius 1 is 1.12 bits per heavy atom. The number of aliphatic hydroxyl groups excluding tert-OH is 2. The summed E-state index contributed by atoms with van der Waals surface area (Å²) in [7, 11) is 3.19. The molecule has 11 nitrogen and oxygen atoms in total. The van der Waals surface area contributed by atoms with Gasteiger partial charge in [-0.05, 0) is 81.6 Å². The van der Waals surface area contributed by atoms with Crippen LogP contribution in [-0.2, 0) is 25.5 Å². The molecular formula is C31H34N2O9. The molecule has 6 atom stereocenters. The van der Waals surface area contributed by atoms with Crippen LogP contribution in [0.2, 0.25) is 0 Å². The quantitative estimate of drug-likeness (QED) is 0.256. The first-order valence-corrected chi connectivity index (χ1v) is 13.7. The Labute approximate surface area is 242 Å². The molecule has 0 bridgehead atoms. The fourth-order valence-corrected chi connectivity index (χ4v) is 6.97. The zero-order valence-corrected chi connectivity index (χ0v) is 23.7. The number of rotatable bonds is 5. The van der Waals surface area contributed by atoms with Crippen molar-refractivity contribution in [2.24, 2.45) is 23.5 Å². The van der Waals surface area contributed by atoms with Crippen molar-refractivity contribution in [2.45, 2.75) is 50.5 Å². The minimum atomic E-state index is -2.72. The molecule has 5 rings (SSSR count). The minimum absolute atomic E-state index is 0.00799. The lowest BCUT2D eigenvalue weighted by Gasteiger charge is -2.53. The summed E-state index contributed by atoms with van der Waals surface area (Å²) in [5.41, 5.74) is 4.47. The predicted octanol–water partition coefficient (Wildman–Crippen LogP) is 1.36. The number of nitrogens with zero attached hydrogens (tertiary/aromatic N) is 1. The summed E-state index contributed by atoms with van der Waals surface area (Å²) < 4.78 is 5.32. The molecule has 0 spiro atoms. The number of carbonyl (C=O) groups is 4. The second-order valence-corrected chi connectivity index (χ2v) is 11.8. The van der Waals surface area contributed by atoms with Gasteiger partial charge in [-0.2, -0.15) is 0 Å². The van der Waals surface area contributed by atoms with Gasteiger partial charge in [-0.3, -0.25) is 14.4 Å². The summed E-state index contributed by atoms with van der Waals surface area (Å²) in [6.07, 6.45) is -1.74. The van der Waals surface area contributed by atoms with E-state index in [1.54, 1.807) is 63.2 Å². The second-order valence-electron chi connectivity index (χ2n) is 11.8. The van der Waals surface area contributed by atoms with E-state index >= 15 is 0 Å². The summed E-state index contributed by atoms with van der Waals surface area (Å²) in [6.45, 7) is 3.48. The number of fused-ring (bicyclic) bond motifs is 3. The van der Waals surface area contributed by atoms with Gasteiger partial charge < -0.3 is 35.8 Å². The maximum Gasteiger partial charge on any atom is 0.338 e. The van der Waals surface area contributed by atoms with E-state index in [0.717, 1.165) is 0 Å². The first-order valence-electron chi connectivity index (χ1n) is 13.7. The number of Topliss-reactive ketones (excluding diaryl/α,β-unsaturated/α-hetero) is 2. The van der Waals surface area contributed by atoms with Gasteiger partial charge in [0.2, 0.25) is 11.7 Å². The summed E-state index contributed by atoms with van der Waals surface area (Å²) in [6, 6.07) is 8.72. The van der Waals surface area contributed by atoms with Gasteiger partial charge in [0.05, 0.1) is 23.3 Å². The number of phenols is 1. The van der Waals surface area contributed by atoms with Gasteiger partial charge in [0.15, 0.2) is 11.4 Å². The van der Waals surface area contributed by atoms with E-state index in [1.165, 1.54) is 6.07 Å². The molecule has 2 unspecified atom stereocenters. The lowest BCUT2D eigenvalue weighted by molar-refractivity contribution is -0.184. The van der Waals surface area contributed by atoms with E-state index in [0.29, 0.717) is 22.3 Å². The average molecular weight is 579 g/mol. The molecule has 2 saturated carbocycles. The molecule has 0 saturated heterocycles. The number of ether oxygens (including phenoxy) is 1. The van der Waals surface area contributed by atoms with Crippen LogP contribution < -0.4 is 5.73 Å². The number of phenolic OH excluding ortho intramolecular Hbond substituents is 1. The summed E-state index contributed by atoms with van der Waals surface area (Å²) in [4.78, 5) is 53.8. The number of benzene rings is 2. The molecule has 3 aliphatic carbocycles. The van der Waals surface area contributed by atoms with E-state index < -0.39 is 64.7 Å². The molecule has 0 aromatic heterocycles. The van der Waals surface area contributed by atoms with E-state index in [9.17, 15) is 39.6 Å². The summed E-state index contributed by atoms with van der Waals surface area (Å²) in [5, 5.41) is 45.0. The molecule has 0 heterocycles. The number of hydrogen-bond donors (Lipinski definition) is 5. The molecular weight excluding hydrogens is 544 g/mol. The van der Waals surface area contributed by atoms with E-state index in [2.05, 4.69) is 0 Å². The minimum Gasteiger partial charge on any atom is -0.507 e. The lowest BCUT2D eigenvalue weighted by Crippen LogP contribution is -2.73. The van der Waals surface area contributed by atoms with Crippen LogP contribution in [0.15, 0.2) is 42.0 Å². The lowest BCUT2D eigenvalue weighted by atomic mass is 9.54. The Morgan fingerprint density at radius 2 is 1.81 bits per heavy atom. The van der Waals surface area contributed by atoms with Crippen LogP contribution in [0.1, 0.15) is 41.8 Å². The van der Waals surface area contributed by atoms with Gasteiger partial charge in [0, 0.05) is 17.5 Å². The van der Waals surface area contributed by atoms with Crippen molar-refractivity contribution >= 4 is 29.2 Å². The Balaban J connectivity index is 1.66. The highest BCUT2D eigenvalue weighted by Gasteiger charge is 2.67. The molecule has 11 heteroatoms. The van der Waals surface area contributed by atoms with Crippen molar-refractivity contribution in [3.63, 3.8) is 0 Å². The Bertz CT molecular complexity index is 1540. The Morgan fingerprint density at radius 3 is 2.43 bits per heavy atom. The van der Waals surface area contributed by atoms with Crippen molar-refractivity contribution in [3.8, 4) is 16.9 Å². The van der Waals surface area contributed by atoms with Crippen LogP contribution in [-0.4, -0.2) is 86.7 Å². The molecule has 0 aliphatic heterocycles. The van der Waals surface area contributed by atoms with Gasteiger partial charge in [0.1, 0.15) is 17.4 Å². The number of aliphatic hydroxyl groups is 3. The Hall–Kier alpha value is -4.06. The number of hydrogen-bond acceptors (Lipinski definition) is 10. The highest BCUT2D eigenvalue weighted by Crippen LogP contribution is 2.53. The van der Waals surface area contributed by atoms with Crippen molar-refractivity contribution in [3.05, 3.63) is 58.7 Å². The molecule has 42 heavy (non-hydrogen) atoms. The third-order valence-corrected chi connectivity index (χ3v) is 8.72. The van der Waals surface area contributed by atoms with Crippen molar-refractivity contribution in [1.29, 1.82) is 0 Å². The number of esters is 1. The number of primary amides is 1. The fourth-order valence-electron chi connectivity index (χ4n) is 6.97. The molecule has 0 radical (unpaired) electrons. The summed E-state index contributed by atoms with van der Waals surface area (Å²) in [5.74, 6) is -8.50. The number of aromatic hydroxyl groups is 1. The maximum atomic E-state index is 14.0. The van der Waals surface area contributed by atoms with Crippen molar-refractivity contribution in [1.82, 2.24) is 4.90 Å². The number of nitrogens with two attached hydrogens (primary N) is 1. The standard InChI is InChI=1S/C31H34N2O9/c1-13(2)42-30(40)15-7-5-6-14(10-15)17-8-9-20(34)22-18(17)11-16-12-19-24(33(3)4)26(36)23(29(32)39)28(38)31(19,41)27(37)21(16)25(22)35/h5-10,13,16,19,23-24,26,34-36,41H,11-12H2,1-4H3,(H2,32,39)/t16-,19-,23?,24-,26?,31-/m1/s1. The van der Waals surface area contributed by atoms with Gasteiger partial charge in [0.25, 0.3) is 0 Å². The summed E-state index contributed by atoms with van der Waals surface area (Å²) >= 11 is 0. The van der Waals surface area contributed by atoms with Crippen molar-refractivity contribution in [2.75, 3.05) is 14.1 Å². The molecule has 2 aromatic carbocycles. The zero-order chi connectivity index (χ0) is 30.8.